The summed E-state index contributed by atoms with van der Waals surface area (Å²) in [5.41, 5.74) is -0.0281. The zero-order valence-electron chi connectivity index (χ0n) is 8.47. The van der Waals surface area contributed by atoms with Gasteiger partial charge in [-0.15, -0.1) is 0 Å². The van der Waals surface area contributed by atoms with Gasteiger partial charge in [-0.2, -0.15) is 0 Å². The van der Waals surface area contributed by atoms with Crippen molar-refractivity contribution in [3.8, 4) is 0 Å². The van der Waals surface area contributed by atoms with E-state index in [1.165, 1.54) is 25.2 Å². The molecule has 2 N–H and O–H groups in total. The van der Waals surface area contributed by atoms with Crippen LogP contribution in [-0.4, -0.2) is 27.1 Å². The van der Waals surface area contributed by atoms with Gasteiger partial charge in [-0.05, 0) is 25.7 Å². The van der Waals surface area contributed by atoms with Gasteiger partial charge in [-0.3, -0.25) is 0 Å². The number of rotatable bonds is 4. The van der Waals surface area contributed by atoms with Gasteiger partial charge in [0.15, 0.2) is 5.69 Å². The van der Waals surface area contributed by atoms with Gasteiger partial charge >= 0.3 is 5.97 Å². The van der Waals surface area contributed by atoms with Crippen LogP contribution < -0.4 is 5.32 Å². The molecule has 5 heteroatoms. The molecule has 0 amide bonds. The maximum absolute atomic E-state index is 10.5. The van der Waals surface area contributed by atoms with Gasteiger partial charge in [0, 0.05) is 6.04 Å². The largest absolute Gasteiger partial charge is 0.476 e. The van der Waals surface area contributed by atoms with Crippen LogP contribution in [0.4, 0.5) is 5.82 Å². The topological polar surface area (TPSA) is 75.1 Å². The molecule has 0 aliphatic heterocycles. The summed E-state index contributed by atoms with van der Waals surface area (Å²) >= 11 is 0. The fourth-order valence-corrected chi connectivity index (χ4v) is 1.46. The normalized spacial score (nSPS) is 17.1. The Balaban J connectivity index is 1.99. The second kappa shape index (κ2) is 3.84. The zero-order valence-corrected chi connectivity index (χ0v) is 8.47. The number of hydrogen-bond donors (Lipinski definition) is 2. The highest BCUT2D eigenvalue weighted by Crippen LogP contribution is 2.33. The first kappa shape index (κ1) is 9.89. The summed E-state index contributed by atoms with van der Waals surface area (Å²) in [7, 11) is 0. The van der Waals surface area contributed by atoms with Crippen molar-refractivity contribution in [3.05, 3.63) is 18.1 Å². The van der Waals surface area contributed by atoms with E-state index in [0.717, 1.165) is 5.92 Å². The van der Waals surface area contributed by atoms with Gasteiger partial charge in [0.25, 0.3) is 0 Å². The minimum absolute atomic E-state index is 0.0281. The second-order valence-corrected chi connectivity index (χ2v) is 3.86. The molecule has 1 aliphatic rings. The number of hydrogen-bond acceptors (Lipinski definition) is 4. The fraction of sp³-hybridized carbons (Fsp3) is 0.500. The predicted octanol–water partition coefficient (Wildman–Crippen LogP) is 1.39. The predicted molar refractivity (Wildman–Crippen MR) is 54.8 cm³/mol. The molecule has 80 valence electrons. The number of nitrogens with zero attached hydrogens (tertiary/aromatic N) is 2. The fourth-order valence-electron chi connectivity index (χ4n) is 1.46. The molecule has 1 aliphatic carbocycles. The number of aromatic nitrogens is 2. The Morgan fingerprint density at radius 1 is 1.53 bits per heavy atom. The van der Waals surface area contributed by atoms with Crippen molar-refractivity contribution in [1.82, 2.24) is 9.97 Å². The molecule has 1 fully saturated rings. The van der Waals surface area contributed by atoms with E-state index in [-0.39, 0.29) is 5.69 Å². The third-order valence-corrected chi connectivity index (χ3v) is 2.58. The summed E-state index contributed by atoms with van der Waals surface area (Å²) in [6.45, 7) is 2.10. The second-order valence-electron chi connectivity index (χ2n) is 3.86. The van der Waals surface area contributed by atoms with Gasteiger partial charge in [0.2, 0.25) is 0 Å². The molecule has 0 radical (unpaired) electrons. The van der Waals surface area contributed by atoms with Crippen molar-refractivity contribution in [2.24, 2.45) is 5.92 Å². The van der Waals surface area contributed by atoms with Gasteiger partial charge < -0.3 is 10.4 Å². The molecular weight excluding hydrogens is 194 g/mol. The highest BCUT2D eigenvalue weighted by molar-refractivity contribution is 5.84. The minimum atomic E-state index is -1.05. The van der Waals surface area contributed by atoms with E-state index in [4.69, 9.17) is 5.11 Å². The first-order valence-electron chi connectivity index (χ1n) is 4.98. The van der Waals surface area contributed by atoms with Crippen LogP contribution in [0.2, 0.25) is 0 Å². The van der Waals surface area contributed by atoms with E-state index in [9.17, 15) is 4.79 Å². The van der Waals surface area contributed by atoms with Crippen LogP contribution in [-0.2, 0) is 0 Å². The summed E-state index contributed by atoms with van der Waals surface area (Å²) in [6.07, 6.45) is 5.25. The van der Waals surface area contributed by atoms with Crippen LogP contribution in [0.25, 0.3) is 0 Å². The molecule has 5 nitrogen and oxygen atoms in total. The Labute approximate surface area is 87.6 Å². The molecule has 1 heterocycles. The van der Waals surface area contributed by atoms with Crippen molar-refractivity contribution in [3.63, 3.8) is 0 Å². The van der Waals surface area contributed by atoms with Crippen LogP contribution >= 0.6 is 0 Å². The molecular formula is C10H13N3O2. The number of anilines is 1. The lowest BCUT2D eigenvalue weighted by atomic mass is 10.2. The maximum Gasteiger partial charge on any atom is 0.356 e. The molecule has 0 spiro atoms. The van der Waals surface area contributed by atoms with E-state index in [1.54, 1.807) is 0 Å². The Morgan fingerprint density at radius 2 is 2.27 bits per heavy atom. The molecule has 1 unspecified atom stereocenters. The Kier molecular flexibility index (Phi) is 2.53. The maximum atomic E-state index is 10.5. The molecule has 1 aromatic heterocycles. The highest BCUT2D eigenvalue weighted by Gasteiger charge is 2.27. The van der Waals surface area contributed by atoms with E-state index >= 15 is 0 Å². The lowest BCUT2D eigenvalue weighted by molar-refractivity contribution is 0.0690. The van der Waals surface area contributed by atoms with Crippen molar-refractivity contribution >= 4 is 11.8 Å². The van der Waals surface area contributed by atoms with Gasteiger partial charge in [-0.25, -0.2) is 14.8 Å². The summed E-state index contributed by atoms with van der Waals surface area (Å²) in [6, 6.07) is 0.384. The van der Waals surface area contributed by atoms with E-state index < -0.39 is 5.97 Å². The monoisotopic (exact) mass is 207 g/mol. The summed E-state index contributed by atoms with van der Waals surface area (Å²) in [4.78, 5) is 18.3. The molecule has 0 aromatic carbocycles. The lowest BCUT2D eigenvalue weighted by Gasteiger charge is -2.12. The van der Waals surface area contributed by atoms with Gasteiger partial charge in [-0.1, -0.05) is 0 Å². The van der Waals surface area contributed by atoms with Gasteiger partial charge in [0.1, 0.15) is 5.82 Å². The average Bonchev–Trinajstić information content (AvgIpc) is 3.01. The minimum Gasteiger partial charge on any atom is -0.476 e. The van der Waals surface area contributed by atoms with Crippen LogP contribution in [0, 0.1) is 5.92 Å². The van der Waals surface area contributed by atoms with E-state index in [1.807, 2.05) is 0 Å². The van der Waals surface area contributed by atoms with Crippen molar-refractivity contribution in [2.45, 2.75) is 25.8 Å². The SMILES string of the molecule is CC(Nc1cnc(C(=O)O)cn1)C1CC1. The third-order valence-electron chi connectivity index (χ3n) is 2.58. The number of carboxylic acids is 1. The molecule has 15 heavy (non-hydrogen) atoms. The third kappa shape index (κ3) is 2.43. The molecule has 0 bridgehead atoms. The molecule has 2 rings (SSSR count). The van der Waals surface area contributed by atoms with E-state index in [2.05, 4.69) is 22.2 Å². The zero-order chi connectivity index (χ0) is 10.8. The summed E-state index contributed by atoms with van der Waals surface area (Å²) in [5, 5.41) is 11.8. The smallest absolute Gasteiger partial charge is 0.356 e. The number of aromatic carboxylic acids is 1. The molecule has 0 saturated heterocycles. The quantitative estimate of drug-likeness (QED) is 0.780. The summed E-state index contributed by atoms with van der Waals surface area (Å²) < 4.78 is 0. The first-order chi connectivity index (χ1) is 7.16. The first-order valence-corrected chi connectivity index (χ1v) is 4.98. The Bertz CT molecular complexity index is 359. The van der Waals surface area contributed by atoms with Crippen LogP contribution in [0.5, 0.6) is 0 Å². The van der Waals surface area contributed by atoms with Crippen LogP contribution in [0.15, 0.2) is 12.4 Å². The highest BCUT2D eigenvalue weighted by atomic mass is 16.4. The average molecular weight is 207 g/mol. The number of carbonyl (C=O) groups is 1. The summed E-state index contributed by atoms with van der Waals surface area (Å²) in [5.74, 6) is 0.314. The Morgan fingerprint density at radius 3 is 2.73 bits per heavy atom. The van der Waals surface area contributed by atoms with Crippen molar-refractivity contribution in [1.29, 1.82) is 0 Å². The van der Waals surface area contributed by atoms with Crippen LogP contribution in [0.3, 0.4) is 0 Å². The standard InChI is InChI=1S/C10H13N3O2/c1-6(7-2-3-7)13-9-5-11-8(4-12-9)10(14)15/h4-7H,2-3H2,1H3,(H,12,13)(H,14,15). The van der Waals surface area contributed by atoms with Crippen LogP contribution in [0.1, 0.15) is 30.3 Å². The van der Waals surface area contributed by atoms with Crippen molar-refractivity contribution < 1.29 is 9.90 Å². The number of carboxylic acid groups (broad SMARTS) is 1. The number of nitrogens with one attached hydrogen (secondary N) is 1. The lowest BCUT2D eigenvalue weighted by Crippen LogP contribution is -2.18. The molecule has 1 saturated carbocycles. The van der Waals surface area contributed by atoms with E-state index in [0.29, 0.717) is 11.9 Å². The molecule has 1 atom stereocenters. The van der Waals surface area contributed by atoms with Gasteiger partial charge in [0.05, 0.1) is 12.4 Å². The molecule has 1 aromatic rings. The Hall–Kier alpha value is -1.65. The van der Waals surface area contributed by atoms with Crippen molar-refractivity contribution in [2.75, 3.05) is 5.32 Å².